The SMILES string of the molecule is COc1cc(N2CCC(N(C)C)C2)c(N)cc1Nc1nccc(-n2ccc3ccccc32)n1. The first-order chi connectivity index (χ1) is 16.0. The van der Waals surface area contributed by atoms with E-state index in [1.54, 1.807) is 13.3 Å². The molecule has 3 N–H and O–H groups in total. The first-order valence-corrected chi connectivity index (χ1v) is 11.1. The minimum Gasteiger partial charge on any atom is -0.494 e. The normalized spacial score (nSPS) is 16.0. The smallest absolute Gasteiger partial charge is 0.229 e. The van der Waals surface area contributed by atoms with Gasteiger partial charge >= 0.3 is 0 Å². The highest BCUT2D eigenvalue weighted by molar-refractivity contribution is 5.82. The lowest BCUT2D eigenvalue weighted by Crippen LogP contribution is -2.31. The summed E-state index contributed by atoms with van der Waals surface area (Å²) in [7, 11) is 5.90. The van der Waals surface area contributed by atoms with Gasteiger partial charge in [0.2, 0.25) is 5.95 Å². The second-order valence-corrected chi connectivity index (χ2v) is 8.57. The summed E-state index contributed by atoms with van der Waals surface area (Å²) >= 11 is 0. The van der Waals surface area contributed by atoms with Gasteiger partial charge in [0.1, 0.15) is 11.6 Å². The third kappa shape index (κ3) is 4.05. The van der Waals surface area contributed by atoms with Crippen LogP contribution in [0.25, 0.3) is 16.7 Å². The van der Waals surface area contributed by atoms with Crippen molar-refractivity contribution in [3.8, 4) is 11.6 Å². The van der Waals surface area contributed by atoms with Crippen molar-refractivity contribution in [2.24, 2.45) is 0 Å². The Hall–Kier alpha value is -3.78. The molecule has 0 aliphatic carbocycles. The molecule has 5 rings (SSSR count). The molecule has 1 saturated heterocycles. The number of para-hydroxylation sites is 1. The number of nitrogen functional groups attached to an aromatic ring is 1. The van der Waals surface area contributed by atoms with E-state index < -0.39 is 0 Å². The van der Waals surface area contributed by atoms with Gasteiger partial charge in [-0.25, -0.2) is 4.98 Å². The summed E-state index contributed by atoms with van der Waals surface area (Å²) in [6.07, 6.45) is 4.87. The van der Waals surface area contributed by atoms with Crippen molar-refractivity contribution in [2.75, 3.05) is 50.2 Å². The van der Waals surface area contributed by atoms with Gasteiger partial charge in [0.05, 0.1) is 29.7 Å². The molecule has 8 heteroatoms. The van der Waals surface area contributed by atoms with Crippen LogP contribution in [0.15, 0.2) is 60.9 Å². The Morgan fingerprint density at radius 1 is 1.15 bits per heavy atom. The third-order valence-electron chi connectivity index (χ3n) is 6.32. The standard InChI is InChI=1S/C25H29N7O/c1-30(2)18-10-12-31(16-18)22-15-23(33-3)20(14-19(22)26)28-25-27-11-8-24(29-25)32-13-9-17-6-4-5-7-21(17)32/h4-9,11,13-15,18H,10,12,16,26H2,1-3H3,(H,27,28,29). The van der Waals surface area contributed by atoms with Crippen molar-refractivity contribution in [1.82, 2.24) is 19.4 Å². The molecule has 0 amide bonds. The summed E-state index contributed by atoms with van der Waals surface area (Å²) in [5.41, 5.74) is 9.99. The first kappa shape index (κ1) is 21.1. The van der Waals surface area contributed by atoms with Gasteiger partial charge in [-0.2, -0.15) is 4.98 Å². The van der Waals surface area contributed by atoms with Gasteiger partial charge in [-0.15, -0.1) is 0 Å². The molecule has 0 bridgehead atoms. The van der Waals surface area contributed by atoms with Crippen LogP contribution in [0.4, 0.5) is 23.0 Å². The molecule has 2 aromatic heterocycles. The van der Waals surface area contributed by atoms with E-state index in [4.69, 9.17) is 15.5 Å². The van der Waals surface area contributed by atoms with E-state index >= 15 is 0 Å². The average molecular weight is 444 g/mol. The Morgan fingerprint density at radius 3 is 2.79 bits per heavy atom. The zero-order valence-corrected chi connectivity index (χ0v) is 19.2. The van der Waals surface area contributed by atoms with E-state index in [1.165, 1.54) is 0 Å². The van der Waals surface area contributed by atoms with Crippen LogP contribution in [-0.2, 0) is 0 Å². The van der Waals surface area contributed by atoms with Crippen LogP contribution in [0.1, 0.15) is 6.42 Å². The summed E-state index contributed by atoms with van der Waals surface area (Å²) in [6.45, 7) is 1.92. The highest BCUT2D eigenvalue weighted by Gasteiger charge is 2.26. The van der Waals surface area contributed by atoms with Crippen molar-refractivity contribution >= 4 is 33.9 Å². The van der Waals surface area contributed by atoms with Crippen molar-refractivity contribution in [2.45, 2.75) is 12.5 Å². The molecule has 1 aliphatic heterocycles. The van der Waals surface area contributed by atoms with E-state index in [9.17, 15) is 0 Å². The van der Waals surface area contributed by atoms with E-state index in [1.807, 2.05) is 41.1 Å². The van der Waals surface area contributed by atoms with Gasteiger partial charge in [-0.1, -0.05) is 18.2 Å². The fraction of sp³-hybridized carbons (Fsp3) is 0.280. The fourth-order valence-electron chi connectivity index (χ4n) is 4.46. The molecule has 2 aromatic carbocycles. The van der Waals surface area contributed by atoms with Crippen LogP contribution in [0.3, 0.4) is 0 Å². The van der Waals surface area contributed by atoms with Gasteiger partial charge in [0, 0.05) is 37.6 Å². The summed E-state index contributed by atoms with van der Waals surface area (Å²) in [5.74, 6) is 1.96. The summed E-state index contributed by atoms with van der Waals surface area (Å²) in [5, 5.41) is 4.45. The number of likely N-dealkylation sites (N-methyl/N-ethyl adjacent to an activating group) is 1. The lowest BCUT2D eigenvalue weighted by Gasteiger charge is -2.24. The molecule has 4 aromatic rings. The maximum absolute atomic E-state index is 6.47. The van der Waals surface area contributed by atoms with Gasteiger partial charge < -0.3 is 30.2 Å². The molecule has 1 atom stereocenters. The minimum atomic E-state index is 0.476. The predicted molar refractivity (Wildman–Crippen MR) is 134 cm³/mol. The second-order valence-electron chi connectivity index (χ2n) is 8.57. The quantitative estimate of drug-likeness (QED) is 0.437. The highest BCUT2D eigenvalue weighted by Crippen LogP contribution is 2.38. The van der Waals surface area contributed by atoms with Gasteiger partial charge in [0.15, 0.2) is 0 Å². The molecule has 1 aliphatic rings. The molecular weight excluding hydrogens is 414 g/mol. The Balaban J connectivity index is 1.43. The van der Waals surface area contributed by atoms with E-state index in [-0.39, 0.29) is 0 Å². The number of aromatic nitrogens is 3. The van der Waals surface area contributed by atoms with Crippen molar-refractivity contribution in [3.63, 3.8) is 0 Å². The predicted octanol–water partition coefficient (Wildman–Crippen LogP) is 3.90. The molecule has 1 unspecified atom stereocenters. The van der Waals surface area contributed by atoms with Crippen LogP contribution >= 0.6 is 0 Å². The van der Waals surface area contributed by atoms with Crippen LogP contribution in [0.5, 0.6) is 5.75 Å². The first-order valence-electron chi connectivity index (χ1n) is 11.1. The number of rotatable bonds is 6. The molecule has 0 radical (unpaired) electrons. The van der Waals surface area contributed by atoms with Crippen LogP contribution < -0.4 is 20.7 Å². The number of nitrogens with two attached hydrogens (primary N) is 1. The van der Waals surface area contributed by atoms with Crippen LogP contribution in [0.2, 0.25) is 0 Å². The van der Waals surface area contributed by atoms with Crippen LogP contribution in [-0.4, -0.2) is 59.8 Å². The molecule has 170 valence electrons. The van der Waals surface area contributed by atoms with Gasteiger partial charge in [-0.3, -0.25) is 0 Å². The van der Waals surface area contributed by atoms with Crippen molar-refractivity contribution in [3.05, 3.63) is 60.9 Å². The molecule has 0 saturated carbocycles. The zero-order valence-electron chi connectivity index (χ0n) is 19.2. The average Bonchev–Trinajstić information content (AvgIpc) is 3.47. The summed E-state index contributed by atoms with van der Waals surface area (Å²) < 4.78 is 7.74. The lowest BCUT2D eigenvalue weighted by molar-refractivity contribution is 0.315. The third-order valence-corrected chi connectivity index (χ3v) is 6.32. The molecule has 8 nitrogen and oxygen atoms in total. The Labute approximate surface area is 193 Å². The van der Waals surface area contributed by atoms with E-state index in [0.717, 1.165) is 47.6 Å². The summed E-state index contributed by atoms with van der Waals surface area (Å²) in [4.78, 5) is 13.7. The number of methoxy groups -OCH3 is 1. The maximum Gasteiger partial charge on any atom is 0.229 e. The summed E-state index contributed by atoms with van der Waals surface area (Å²) in [6, 6.07) is 16.6. The number of hydrogen-bond acceptors (Lipinski definition) is 7. The number of ether oxygens (including phenoxy) is 1. The van der Waals surface area contributed by atoms with Crippen LogP contribution in [0, 0.1) is 0 Å². The number of benzene rings is 2. The largest absolute Gasteiger partial charge is 0.494 e. The number of anilines is 4. The molecule has 1 fully saturated rings. The molecule has 0 spiro atoms. The number of hydrogen-bond donors (Lipinski definition) is 2. The Kier molecular flexibility index (Phi) is 5.51. The number of nitrogens with one attached hydrogen (secondary N) is 1. The fourth-order valence-corrected chi connectivity index (χ4v) is 4.46. The van der Waals surface area contributed by atoms with Gasteiger partial charge in [0.25, 0.3) is 0 Å². The van der Waals surface area contributed by atoms with E-state index in [2.05, 4.69) is 52.4 Å². The minimum absolute atomic E-state index is 0.476. The Bertz CT molecular complexity index is 1280. The Morgan fingerprint density at radius 2 is 2.00 bits per heavy atom. The lowest BCUT2D eigenvalue weighted by atomic mass is 10.2. The zero-order chi connectivity index (χ0) is 22.9. The second kappa shape index (κ2) is 8.63. The number of nitrogens with zero attached hydrogens (tertiary/aromatic N) is 5. The molecule has 3 heterocycles. The highest BCUT2D eigenvalue weighted by atomic mass is 16.5. The van der Waals surface area contributed by atoms with Gasteiger partial charge in [-0.05, 0) is 50.2 Å². The number of fused-ring (bicyclic) bond motifs is 1. The van der Waals surface area contributed by atoms with Crippen molar-refractivity contribution in [1.29, 1.82) is 0 Å². The molecular formula is C25H29N7O. The molecule has 33 heavy (non-hydrogen) atoms. The topological polar surface area (TPSA) is 84.5 Å². The van der Waals surface area contributed by atoms with E-state index in [0.29, 0.717) is 23.4 Å². The van der Waals surface area contributed by atoms with Crippen molar-refractivity contribution < 1.29 is 4.74 Å². The monoisotopic (exact) mass is 443 g/mol. The maximum atomic E-state index is 6.47.